The Labute approximate surface area is 88.7 Å². The summed E-state index contributed by atoms with van der Waals surface area (Å²) in [4.78, 5) is 0. The van der Waals surface area contributed by atoms with Crippen molar-refractivity contribution in [1.82, 2.24) is 0 Å². The van der Waals surface area contributed by atoms with Gasteiger partial charge in [-0.2, -0.15) is 0 Å². The number of nitrogens with two attached hydrogens (primary N) is 1. The molecule has 0 amide bonds. The molecule has 0 aliphatic heterocycles. The lowest BCUT2D eigenvalue weighted by Crippen LogP contribution is -2.23. The van der Waals surface area contributed by atoms with E-state index in [2.05, 4.69) is 9.24 Å². The third-order valence-corrected chi connectivity index (χ3v) is 1.62. The van der Waals surface area contributed by atoms with E-state index < -0.39 is 0 Å². The Balaban J connectivity index is 2.85. The Morgan fingerprint density at radius 1 is 1.00 bits per heavy atom. The molecule has 86 valence electrons. The molecular formula is C9H22NO3P. The zero-order chi connectivity index (χ0) is 10.6. The predicted molar refractivity (Wildman–Crippen MR) is 60.7 cm³/mol. The van der Waals surface area contributed by atoms with Gasteiger partial charge in [0.1, 0.15) is 0 Å². The van der Waals surface area contributed by atoms with Crippen molar-refractivity contribution >= 4 is 9.24 Å². The van der Waals surface area contributed by atoms with E-state index in [1.54, 1.807) is 0 Å². The fourth-order valence-electron chi connectivity index (χ4n) is 0.792. The molecule has 2 N–H and O–H groups in total. The largest absolute Gasteiger partial charge is 0.379 e. The highest BCUT2D eigenvalue weighted by molar-refractivity contribution is 7.16. The van der Waals surface area contributed by atoms with Crippen LogP contribution in [0.1, 0.15) is 6.92 Å². The zero-order valence-electron chi connectivity index (χ0n) is 8.91. The summed E-state index contributed by atoms with van der Waals surface area (Å²) in [5, 5.41) is 0. The molecule has 1 unspecified atom stereocenters. The molecule has 0 aliphatic rings. The minimum atomic E-state index is 0.0976. The van der Waals surface area contributed by atoms with Crippen molar-refractivity contribution in [3.05, 3.63) is 0 Å². The average Bonchev–Trinajstić information content (AvgIpc) is 2.15. The van der Waals surface area contributed by atoms with E-state index in [0.29, 0.717) is 33.0 Å². The maximum Gasteiger partial charge on any atom is 0.0701 e. The summed E-state index contributed by atoms with van der Waals surface area (Å²) in [5.74, 6) is 0. The summed E-state index contributed by atoms with van der Waals surface area (Å²) in [7, 11) is 2.61. The molecule has 14 heavy (non-hydrogen) atoms. The van der Waals surface area contributed by atoms with E-state index in [9.17, 15) is 0 Å². The van der Waals surface area contributed by atoms with Gasteiger partial charge in [0.15, 0.2) is 0 Å². The SMILES string of the molecule is C[C@H](N)COCCOCCOCCP. The monoisotopic (exact) mass is 223 g/mol. The predicted octanol–water partition coefficient (Wildman–Crippen LogP) is 0.259. The van der Waals surface area contributed by atoms with Crippen LogP contribution in [-0.2, 0) is 14.2 Å². The van der Waals surface area contributed by atoms with Crippen molar-refractivity contribution in [1.29, 1.82) is 0 Å². The first-order valence-electron chi connectivity index (χ1n) is 4.96. The zero-order valence-corrected chi connectivity index (χ0v) is 10.1. The van der Waals surface area contributed by atoms with Gasteiger partial charge in [-0.3, -0.25) is 0 Å². The van der Waals surface area contributed by atoms with Crippen LogP contribution in [0.4, 0.5) is 0 Å². The molecule has 0 fully saturated rings. The third kappa shape index (κ3) is 12.3. The van der Waals surface area contributed by atoms with Crippen molar-refractivity contribution in [3.8, 4) is 0 Å². The first-order chi connectivity index (χ1) is 6.77. The molecule has 4 nitrogen and oxygen atoms in total. The van der Waals surface area contributed by atoms with Crippen LogP contribution < -0.4 is 5.73 Å². The number of hydrogen-bond donors (Lipinski definition) is 1. The van der Waals surface area contributed by atoms with E-state index in [1.165, 1.54) is 0 Å². The fourth-order valence-corrected chi connectivity index (χ4v) is 0.959. The van der Waals surface area contributed by atoms with Gasteiger partial charge < -0.3 is 19.9 Å². The Morgan fingerprint density at radius 3 is 2.00 bits per heavy atom. The van der Waals surface area contributed by atoms with Crippen molar-refractivity contribution in [2.75, 3.05) is 45.8 Å². The van der Waals surface area contributed by atoms with Crippen molar-refractivity contribution in [2.24, 2.45) is 5.73 Å². The summed E-state index contributed by atoms with van der Waals surface area (Å²) in [6.07, 6.45) is 0.970. The van der Waals surface area contributed by atoms with Crippen molar-refractivity contribution in [2.45, 2.75) is 13.0 Å². The van der Waals surface area contributed by atoms with Gasteiger partial charge in [0.25, 0.3) is 0 Å². The second kappa shape index (κ2) is 11.3. The van der Waals surface area contributed by atoms with Crippen molar-refractivity contribution < 1.29 is 14.2 Å². The van der Waals surface area contributed by atoms with Gasteiger partial charge in [0.2, 0.25) is 0 Å². The standard InChI is InChI=1S/C9H22NO3P/c1-9(10)8-13-5-4-11-2-3-12-6-7-14/h9H,2-8,10,14H2,1H3/t9-/m0/s1. The topological polar surface area (TPSA) is 53.7 Å². The van der Waals surface area contributed by atoms with Crippen LogP contribution in [0.15, 0.2) is 0 Å². The normalized spacial score (nSPS) is 13.1. The molecule has 0 heterocycles. The summed E-state index contributed by atoms with van der Waals surface area (Å²) >= 11 is 0. The Hall–Kier alpha value is 0.270. The molecule has 0 rings (SSSR count). The minimum Gasteiger partial charge on any atom is -0.379 e. The van der Waals surface area contributed by atoms with Gasteiger partial charge in [-0.1, -0.05) is 0 Å². The number of rotatable bonds is 10. The van der Waals surface area contributed by atoms with E-state index in [0.717, 1.165) is 12.8 Å². The summed E-state index contributed by atoms with van der Waals surface area (Å²) in [6, 6.07) is 0.0976. The average molecular weight is 223 g/mol. The lowest BCUT2D eigenvalue weighted by molar-refractivity contribution is 0.0155. The molecule has 0 saturated carbocycles. The summed E-state index contributed by atoms with van der Waals surface area (Å²) in [6.45, 7) is 5.77. The molecular weight excluding hydrogens is 201 g/mol. The first-order valence-corrected chi connectivity index (χ1v) is 5.78. The third-order valence-electron chi connectivity index (χ3n) is 1.39. The van der Waals surface area contributed by atoms with Crippen LogP contribution >= 0.6 is 9.24 Å². The lowest BCUT2D eigenvalue weighted by atomic mass is 10.4. The molecule has 0 aromatic heterocycles. The molecule has 0 aromatic rings. The second-order valence-corrected chi connectivity index (χ2v) is 3.64. The van der Waals surface area contributed by atoms with E-state index in [1.807, 2.05) is 6.92 Å². The van der Waals surface area contributed by atoms with Gasteiger partial charge in [-0.25, -0.2) is 0 Å². The van der Waals surface area contributed by atoms with Crippen LogP contribution in [0.2, 0.25) is 0 Å². The molecule has 0 aromatic carbocycles. The van der Waals surface area contributed by atoms with E-state index in [-0.39, 0.29) is 6.04 Å². The van der Waals surface area contributed by atoms with Crippen LogP contribution in [0.25, 0.3) is 0 Å². The van der Waals surface area contributed by atoms with Crippen LogP contribution in [0.5, 0.6) is 0 Å². The Bertz CT molecular complexity index is 114. The molecule has 0 aliphatic carbocycles. The van der Waals surface area contributed by atoms with Gasteiger partial charge >= 0.3 is 0 Å². The van der Waals surface area contributed by atoms with Crippen LogP contribution in [-0.4, -0.2) is 51.8 Å². The van der Waals surface area contributed by atoms with Crippen molar-refractivity contribution in [3.63, 3.8) is 0 Å². The molecule has 0 saturated heterocycles. The van der Waals surface area contributed by atoms with Gasteiger partial charge in [0, 0.05) is 6.04 Å². The molecule has 2 atom stereocenters. The fraction of sp³-hybridized carbons (Fsp3) is 1.00. The van der Waals surface area contributed by atoms with Gasteiger partial charge in [-0.15, -0.1) is 9.24 Å². The molecule has 5 heteroatoms. The highest BCUT2D eigenvalue weighted by Crippen LogP contribution is 1.84. The van der Waals surface area contributed by atoms with Crippen LogP contribution in [0.3, 0.4) is 0 Å². The summed E-state index contributed by atoms with van der Waals surface area (Å²) in [5.41, 5.74) is 5.50. The van der Waals surface area contributed by atoms with Gasteiger partial charge in [-0.05, 0) is 13.1 Å². The minimum absolute atomic E-state index is 0.0976. The lowest BCUT2D eigenvalue weighted by Gasteiger charge is -2.07. The highest BCUT2D eigenvalue weighted by Gasteiger charge is 1.93. The Morgan fingerprint density at radius 2 is 1.50 bits per heavy atom. The van der Waals surface area contributed by atoms with E-state index in [4.69, 9.17) is 19.9 Å². The Kier molecular flexibility index (Phi) is 11.6. The molecule has 0 spiro atoms. The van der Waals surface area contributed by atoms with Gasteiger partial charge in [0.05, 0.1) is 39.6 Å². The summed E-state index contributed by atoms with van der Waals surface area (Å²) < 4.78 is 15.7. The second-order valence-electron chi connectivity index (χ2n) is 3.07. The molecule has 0 radical (unpaired) electrons. The molecule has 0 bridgehead atoms. The quantitative estimate of drug-likeness (QED) is 0.426. The number of ether oxygens (including phenoxy) is 3. The maximum absolute atomic E-state index is 5.50. The number of hydrogen-bond acceptors (Lipinski definition) is 4. The maximum atomic E-state index is 5.50. The smallest absolute Gasteiger partial charge is 0.0701 e. The van der Waals surface area contributed by atoms with E-state index >= 15 is 0 Å². The highest BCUT2D eigenvalue weighted by atomic mass is 31.0. The van der Waals surface area contributed by atoms with Crippen LogP contribution in [0, 0.1) is 0 Å². The first kappa shape index (κ1) is 14.3.